The number of carbonyl (C=O) groups is 1. The summed E-state index contributed by atoms with van der Waals surface area (Å²) in [6.07, 6.45) is 0.712. The van der Waals surface area contributed by atoms with E-state index in [4.69, 9.17) is 10.5 Å². The van der Waals surface area contributed by atoms with E-state index >= 15 is 0 Å². The van der Waals surface area contributed by atoms with E-state index in [0.717, 1.165) is 0 Å². The van der Waals surface area contributed by atoms with E-state index in [1.54, 1.807) is 26.8 Å². The van der Waals surface area contributed by atoms with E-state index in [1.807, 2.05) is 6.92 Å². The second-order valence-electron chi connectivity index (χ2n) is 5.93. The molecule has 118 valence electrons. The van der Waals surface area contributed by atoms with Crippen molar-refractivity contribution < 1.29 is 17.9 Å². The number of ether oxygens (including phenoxy) is 1. The van der Waals surface area contributed by atoms with Crippen LogP contribution in [0.25, 0.3) is 0 Å². The number of hydrogen-bond acceptors (Lipinski definition) is 5. The van der Waals surface area contributed by atoms with Gasteiger partial charge in [-0.25, -0.2) is 13.2 Å². The first-order chi connectivity index (χ1) is 9.58. The van der Waals surface area contributed by atoms with Gasteiger partial charge in [-0.2, -0.15) is 0 Å². The number of nitrogens with two attached hydrogens (primary N) is 1. The van der Waals surface area contributed by atoms with Gasteiger partial charge >= 0.3 is 5.97 Å². The van der Waals surface area contributed by atoms with Crippen LogP contribution in [0.15, 0.2) is 18.2 Å². The van der Waals surface area contributed by atoms with Crippen molar-refractivity contribution in [3.63, 3.8) is 0 Å². The molecule has 0 atom stereocenters. The summed E-state index contributed by atoms with van der Waals surface area (Å²) in [4.78, 5) is 11.9. The van der Waals surface area contributed by atoms with Crippen molar-refractivity contribution in [2.45, 2.75) is 44.6 Å². The van der Waals surface area contributed by atoms with Gasteiger partial charge in [0.15, 0.2) is 9.84 Å². The molecule has 0 aliphatic heterocycles. The van der Waals surface area contributed by atoms with Gasteiger partial charge in [-0.3, -0.25) is 0 Å². The summed E-state index contributed by atoms with van der Waals surface area (Å²) in [5.41, 5.74) is 6.79. The molecular formula is C15H23NO4S. The summed E-state index contributed by atoms with van der Waals surface area (Å²) in [5.74, 6) is -0.658. The summed E-state index contributed by atoms with van der Waals surface area (Å²) >= 11 is 0. The van der Waals surface area contributed by atoms with Gasteiger partial charge in [-0.1, -0.05) is 13.0 Å². The Balaban J connectivity index is 3.05. The van der Waals surface area contributed by atoms with Crippen molar-refractivity contribution in [1.82, 2.24) is 0 Å². The first kappa shape index (κ1) is 17.5. The topological polar surface area (TPSA) is 86.5 Å². The SMILES string of the molecule is CCCOC(=O)c1cc(CS(=O)(=O)C(C)(C)C)ccc1N. The van der Waals surface area contributed by atoms with Crippen molar-refractivity contribution in [3.05, 3.63) is 29.3 Å². The maximum Gasteiger partial charge on any atom is 0.340 e. The maximum absolute atomic E-state index is 12.2. The highest BCUT2D eigenvalue weighted by atomic mass is 32.2. The molecule has 0 saturated heterocycles. The molecular weight excluding hydrogens is 290 g/mol. The Morgan fingerprint density at radius 3 is 2.43 bits per heavy atom. The van der Waals surface area contributed by atoms with E-state index in [9.17, 15) is 13.2 Å². The molecule has 1 aromatic carbocycles. The monoisotopic (exact) mass is 313 g/mol. The smallest absolute Gasteiger partial charge is 0.340 e. The zero-order chi connectivity index (χ0) is 16.3. The lowest BCUT2D eigenvalue weighted by Gasteiger charge is -2.19. The molecule has 0 fully saturated rings. The van der Waals surface area contributed by atoms with Crippen LogP contribution in [0.1, 0.15) is 50.0 Å². The Morgan fingerprint density at radius 1 is 1.29 bits per heavy atom. The fourth-order valence-corrected chi connectivity index (χ4v) is 2.63. The quantitative estimate of drug-likeness (QED) is 0.667. The van der Waals surface area contributed by atoms with Crippen molar-refractivity contribution in [1.29, 1.82) is 0 Å². The Hall–Kier alpha value is -1.56. The molecule has 0 aromatic heterocycles. The van der Waals surface area contributed by atoms with Crippen LogP contribution in [-0.2, 0) is 20.3 Å². The molecule has 0 spiro atoms. The highest BCUT2D eigenvalue weighted by Crippen LogP contribution is 2.23. The Labute approximate surface area is 126 Å². The number of nitrogen functional groups attached to an aromatic ring is 1. The molecule has 2 N–H and O–H groups in total. The van der Waals surface area contributed by atoms with E-state index in [1.165, 1.54) is 12.1 Å². The average Bonchev–Trinajstić information content (AvgIpc) is 2.36. The summed E-state index contributed by atoms with van der Waals surface area (Å²) in [7, 11) is -3.32. The molecule has 0 bridgehead atoms. The molecule has 0 radical (unpaired) electrons. The van der Waals surface area contributed by atoms with Crippen LogP contribution in [-0.4, -0.2) is 25.7 Å². The molecule has 1 aromatic rings. The second kappa shape index (κ2) is 6.47. The van der Waals surface area contributed by atoms with Crippen molar-refractivity contribution in [3.8, 4) is 0 Å². The first-order valence-electron chi connectivity index (χ1n) is 6.86. The number of esters is 1. The molecule has 0 unspecified atom stereocenters. The minimum absolute atomic E-state index is 0.134. The maximum atomic E-state index is 12.2. The molecule has 0 aliphatic carbocycles. The Morgan fingerprint density at radius 2 is 1.90 bits per heavy atom. The summed E-state index contributed by atoms with van der Waals surface area (Å²) in [6.45, 7) is 7.15. The summed E-state index contributed by atoms with van der Waals surface area (Å²) in [5, 5.41) is 0. The number of benzene rings is 1. The van der Waals surface area contributed by atoms with E-state index < -0.39 is 20.6 Å². The van der Waals surface area contributed by atoms with Crippen LogP contribution in [0.2, 0.25) is 0 Å². The van der Waals surface area contributed by atoms with E-state index in [-0.39, 0.29) is 17.0 Å². The zero-order valence-electron chi connectivity index (χ0n) is 13.0. The predicted molar refractivity (Wildman–Crippen MR) is 83.8 cm³/mol. The van der Waals surface area contributed by atoms with Crippen molar-refractivity contribution >= 4 is 21.5 Å². The molecule has 5 nitrogen and oxygen atoms in total. The first-order valence-corrected chi connectivity index (χ1v) is 8.51. The molecule has 0 amide bonds. The minimum Gasteiger partial charge on any atom is -0.462 e. The zero-order valence-corrected chi connectivity index (χ0v) is 13.8. The normalized spacial score (nSPS) is 12.2. The van der Waals surface area contributed by atoms with Crippen molar-refractivity contribution in [2.75, 3.05) is 12.3 Å². The molecule has 6 heteroatoms. The fourth-order valence-electron chi connectivity index (χ4n) is 1.58. The standard InChI is InChI=1S/C15H23NO4S/c1-5-8-20-14(17)12-9-11(6-7-13(12)16)10-21(18,19)15(2,3)4/h6-7,9H,5,8,10,16H2,1-4H3. The van der Waals surface area contributed by atoms with Crippen LogP contribution in [0.4, 0.5) is 5.69 Å². The molecule has 1 rings (SSSR count). The van der Waals surface area contributed by atoms with Crippen LogP contribution < -0.4 is 5.73 Å². The molecule has 0 heterocycles. The van der Waals surface area contributed by atoms with Crippen molar-refractivity contribution in [2.24, 2.45) is 0 Å². The number of anilines is 1. The highest BCUT2D eigenvalue weighted by molar-refractivity contribution is 7.91. The van der Waals surface area contributed by atoms with Gasteiger partial charge in [0, 0.05) is 5.69 Å². The van der Waals surface area contributed by atoms with Gasteiger partial charge in [0.1, 0.15) is 0 Å². The molecule has 21 heavy (non-hydrogen) atoms. The van der Waals surface area contributed by atoms with Gasteiger partial charge in [0.25, 0.3) is 0 Å². The van der Waals surface area contributed by atoms with Crippen LogP contribution in [0.3, 0.4) is 0 Å². The lowest BCUT2D eigenvalue weighted by atomic mass is 10.1. The van der Waals surface area contributed by atoms with Crippen LogP contribution in [0, 0.1) is 0 Å². The second-order valence-corrected chi connectivity index (χ2v) is 8.67. The number of carbonyl (C=O) groups excluding carboxylic acids is 1. The Kier molecular flexibility index (Phi) is 5.39. The third kappa shape index (κ3) is 4.46. The number of rotatable bonds is 5. The number of sulfone groups is 1. The highest BCUT2D eigenvalue weighted by Gasteiger charge is 2.29. The van der Waals surface area contributed by atoms with E-state index in [0.29, 0.717) is 18.6 Å². The molecule has 0 aliphatic rings. The minimum atomic E-state index is -3.32. The van der Waals surface area contributed by atoms with Gasteiger partial charge < -0.3 is 10.5 Å². The summed E-state index contributed by atoms with van der Waals surface area (Å²) in [6, 6.07) is 4.65. The van der Waals surface area contributed by atoms with Gasteiger partial charge in [0.2, 0.25) is 0 Å². The third-order valence-electron chi connectivity index (χ3n) is 3.06. The van der Waals surface area contributed by atoms with Gasteiger partial charge in [0.05, 0.1) is 22.7 Å². The third-order valence-corrected chi connectivity index (χ3v) is 5.64. The largest absolute Gasteiger partial charge is 0.462 e. The lowest BCUT2D eigenvalue weighted by molar-refractivity contribution is 0.0506. The van der Waals surface area contributed by atoms with Crippen LogP contribution in [0.5, 0.6) is 0 Å². The predicted octanol–water partition coefficient (Wildman–Crippen LogP) is 2.55. The lowest BCUT2D eigenvalue weighted by Crippen LogP contribution is -2.29. The number of hydrogen-bond donors (Lipinski definition) is 1. The van der Waals surface area contributed by atoms with Gasteiger partial charge in [-0.15, -0.1) is 0 Å². The summed E-state index contributed by atoms with van der Waals surface area (Å²) < 4.78 is 28.6. The van der Waals surface area contributed by atoms with E-state index in [2.05, 4.69) is 0 Å². The van der Waals surface area contributed by atoms with Crippen LogP contribution >= 0.6 is 0 Å². The fraction of sp³-hybridized carbons (Fsp3) is 0.533. The average molecular weight is 313 g/mol. The van der Waals surface area contributed by atoms with Gasteiger partial charge in [-0.05, 0) is 44.9 Å². The Bertz CT molecular complexity index is 615. The molecule has 0 saturated carbocycles.